The van der Waals surface area contributed by atoms with E-state index in [-0.39, 0.29) is 0 Å². The van der Waals surface area contributed by atoms with E-state index in [0.29, 0.717) is 0 Å². The first-order valence-electron chi connectivity index (χ1n) is 16.7. The van der Waals surface area contributed by atoms with Gasteiger partial charge in [0.1, 0.15) is 0 Å². The highest BCUT2D eigenvalue weighted by molar-refractivity contribution is 6.32. The third kappa shape index (κ3) is 2.91. The van der Waals surface area contributed by atoms with Gasteiger partial charge < -0.3 is 8.80 Å². The van der Waals surface area contributed by atoms with Gasteiger partial charge in [-0.2, -0.15) is 0 Å². The van der Waals surface area contributed by atoms with Gasteiger partial charge in [0.25, 0.3) is 0 Å². The molecule has 12 rings (SSSR count). The van der Waals surface area contributed by atoms with Gasteiger partial charge in [0.05, 0.1) is 33.1 Å². The highest BCUT2D eigenvalue weighted by Gasteiger charge is 2.26. The average molecular weight is 607 g/mol. The molecule has 8 aromatic carbocycles. The Balaban J connectivity index is 1.35. The van der Waals surface area contributed by atoms with Crippen LogP contribution in [0.25, 0.3) is 109 Å². The molecule has 0 spiro atoms. The summed E-state index contributed by atoms with van der Waals surface area (Å²) in [4.78, 5) is 0. The molecule has 220 valence electrons. The van der Waals surface area contributed by atoms with Crippen molar-refractivity contribution in [2.75, 3.05) is 0 Å². The summed E-state index contributed by atoms with van der Waals surface area (Å²) in [6, 6.07) is 58.6. The molecule has 0 aliphatic heterocycles. The van der Waals surface area contributed by atoms with E-state index in [1.807, 2.05) is 0 Å². The van der Waals surface area contributed by atoms with Crippen molar-refractivity contribution in [3.63, 3.8) is 0 Å². The van der Waals surface area contributed by atoms with Gasteiger partial charge in [-0.05, 0) is 51.7 Å². The molecule has 0 saturated heterocycles. The van der Waals surface area contributed by atoms with Gasteiger partial charge in [0.2, 0.25) is 0 Å². The second-order valence-corrected chi connectivity index (χ2v) is 13.3. The van der Waals surface area contributed by atoms with E-state index in [2.05, 4.69) is 167 Å². The number of hydrogen-bond acceptors (Lipinski definition) is 0. The molecular formula is C46H26N2. The van der Waals surface area contributed by atoms with Crippen LogP contribution in [0.3, 0.4) is 0 Å². The Kier molecular flexibility index (Phi) is 4.49. The lowest BCUT2D eigenvalue weighted by molar-refractivity contribution is 1.35. The van der Waals surface area contributed by atoms with Gasteiger partial charge >= 0.3 is 0 Å². The molecule has 0 bridgehead atoms. The number of rotatable bonds is 2. The topological polar surface area (TPSA) is 8.82 Å². The molecule has 0 aliphatic rings. The summed E-state index contributed by atoms with van der Waals surface area (Å²) in [6.45, 7) is 0. The van der Waals surface area contributed by atoms with Gasteiger partial charge in [0, 0.05) is 48.7 Å². The molecule has 4 heterocycles. The van der Waals surface area contributed by atoms with Gasteiger partial charge in [-0.15, -0.1) is 0 Å². The monoisotopic (exact) mass is 606 g/mol. The molecule has 48 heavy (non-hydrogen) atoms. The normalized spacial score (nSPS) is 12.6. The predicted molar refractivity (Wildman–Crippen MR) is 204 cm³/mol. The van der Waals surface area contributed by atoms with Crippen LogP contribution in [0.15, 0.2) is 158 Å². The first-order valence-corrected chi connectivity index (χ1v) is 16.7. The third-order valence-corrected chi connectivity index (χ3v) is 10.9. The lowest BCUT2D eigenvalue weighted by atomic mass is 9.93. The minimum atomic E-state index is 1.23. The Morgan fingerprint density at radius 2 is 0.750 bits per heavy atom. The molecular weight excluding hydrogens is 581 g/mol. The van der Waals surface area contributed by atoms with E-state index < -0.39 is 0 Å². The quantitative estimate of drug-likeness (QED) is 0.185. The van der Waals surface area contributed by atoms with Crippen LogP contribution >= 0.6 is 0 Å². The van der Waals surface area contributed by atoms with Gasteiger partial charge in [-0.1, -0.05) is 133 Å². The van der Waals surface area contributed by atoms with E-state index in [4.69, 9.17) is 0 Å². The maximum absolute atomic E-state index is 2.56. The number of hydrogen-bond donors (Lipinski definition) is 0. The lowest BCUT2D eigenvalue weighted by Gasteiger charge is -2.13. The Hall–Kier alpha value is -6.38. The van der Waals surface area contributed by atoms with E-state index in [1.165, 1.54) is 109 Å². The van der Waals surface area contributed by atoms with Gasteiger partial charge in [0.15, 0.2) is 0 Å². The van der Waals surface area contributed by atoms with Crippen molar-refractivity contribution in [2.45, 2.75) is 0 Å². The summed E-state index contributed by atoms with van der Waals surface area (Å²) in [5.74, 6) is 0. The number of para-hydroxylation sites is 4. The van der Waals surface area contributed by atoms with Crippen LogP contribution in [0.4, 0.5) is 0 Å². The zero-order chi connectivity index (χ0) is 31.1. The molecule has 0 saturated carbocycles. The first-order chi connectivity index (χ1) is 23.8. The van der Waals surface area contributed by atoms with E-state index in [1.54, 1.807) is 0 Å². The zero-order valence-electron chi connectivity index (χ0n) is 25.9. The van der Waals surface area contributed by atoms with Crippen molar-refractivity contribution in [1.82, 2.24) is 8.80 Å². The molecule has 0 N–H and O–H groups in total. The fourth-order valence-corrected chi connectivity index (χ4v) is 9.07. The molecule has 0 fully saturated rings. The van der Waals surface area contributed by atoms with E-state index >= 15 is 0 Å². The number of nitrogens with zero attached hydrogens (tertiary/aromatic N) is 2. The highest BCUT2D eigenvalue weighted by Crippen LogP contribution is 2.49. The lowest BCUT2D eigenvalue weighted by Crippen LogP contribution is -1.92. The van der Waals surface area contributed by atoms with Crippen molar-refractivity contribution in [1.29, 1.82) is 0 Å². The van der Waals surface area contributed by atoms with Gasteiger partial charge in [-0.25, -0.2) is 0 Å². The van der Waals surface area contributed by atoms with Crippen LogP contribution in [0.5, 0.6) is 0 Å². The molecule has 0 atom stereocenters. The van der Waals surface area contributed by atoms with Crippen molar-refractivity contribution >= 4 is 87.0 Å². The molecule has 0 aliphatic carbocycles. The fraction of sp³-hybridized carbons (Fsp3) is 0. The van der Waals surface area contributed by atoms with Crippen LogP contribution < -0.4 is 0 Å². The summed E-state index contributed by atoms with van der Waals surface area (Å²) >= 11 is 0. The van der Waals surface area contributed by atoms with Crippen molar-refractivity contribution < 1.29 is 0 Å². The maximum Gasteiger partial charge on any atom is 0.0641 e. The molecule has 0 unspecified atom stereocenters. The number of aromatic nitrogens is 2. The smallest absolute Gasteiger partial charge is 0.0641 e. The largest absolute Gasteiger partial charge is 0.307 e. The van der Waals surface area contributed by atoms with Crippen molar-refractivity contribution in [3.05, 3.63) is 158 Å². The van der Waals surface area contributed by atoms with Crippen LogP contribution in [0.2, 0.25) is 0 Å². The first kappa shape index (κ1) is 24.8. The van der Waals surface area contributed by atoms with Crippen molar-refractivity contribution in [3.8, 4) is 22.3 Å². The summed E-state index contributed by atoms with van der Waals surface area (Å²) in [5, 5.41) is 13.0. The standard InChI is InChI=1S/C46H26N2/c1-2-15-30-27(11-1)12-8-18-31(30)28-13-7-14-29(25-28)42-45-38(36-21-9-19-34-32-16-3-5-23-40(32)47(45)43(34)36)26-39-37-22-10-20-35-33-17-4-6-24-41(33)48(44(35)37)46(39)42/h1-26H. The predicted octanol–water partition coefficient (Wildman–Crippen LogP) is 12.5. The second-order valence-electron chi connectivity index (χ2n) is 13.3. The molecule has 0 amide bonds. The Labute approximate surface area is 275 Å². The Morgan fingerprint density at radius 3 is 1.40 bits per heavy atom. The fourth-order valence-electron chi connectivity index (χ4n) is 9.07. The summed E-state index contributed by atoms with van der Waals surface area (Å²) < 4.78 is 5.11. The zero-order valence-corrected chi connectivity index (χ0v) is 25.9. The summed E-state index contributed by atoms with van der Waals surface area (Å²) in [6.07, 6.45) is 0. The number of benzene rings is 8. The Morgan fingerprint density at radius 1 is 0.292 bits per heavy atom. The van der Waals surface area contributed by atoms with Gasteiger partial charge in [-0.3, -0.25) is 0 Å². The second kappa shape index (κ2) is 8.70. The molecule has 2 heteroatoms. The minimum Gasteiger partial charge on any atom is -0.307 e. The maximum atomic E-state index is 2.56. The van der Waals surface area contributed by atoms with E-state index in [0.717, 1.165) is 0 Å². The third-order valence-electron chi connectivity index (χ3n) is 10.9. The van der Waals surface area contributed by atoms with Crippen LogP contribution in [-0.4, -0.2) is 8.80 Å². The van der Waals surface area contributed by atoms with Crippen LogP contribution in [0.1, 0.15) is 0 Å². The SMILES string of the molecule is c1cc(-c2cccc3ccccc23)cc(-c2c3c(cc4c5cccc6c7ccccc7n(c24)c65)c2cccc4c5ccccc5n3c42)c1. The molecule has 2 nitrogen and oxygen atoms in total. The minimum absolute atomic E-state index is 1.23. The van der Waals surface area contributed by atoms with Crippen molar-refractivity contribution in [2.24, 2.45) is 0 Å². The highest BCUT2D eigenvalue weighted by atomic mass is 14.9. The van der Waals surface area contributed by atoms with Crippen LogP contribution in [-0.2, 0) is 0 Å². The number of fused-ring (bicyclic) bond motifs is 13. The summed E-state index contributed by atoms with van der Waals surface area (Å²) in [5.41, 5.74) is 12.7. The average Bonchev–Trinajstić information content (AvgIpc) is 3.87. The van der Waals surface area contributed by atoms with E-state index in [9.17, 15) is 0 Å². The van der Waals surface area contributed by atoms with Crippen LogP contribution in [0, 0.1) is 0 Å². The molecule has 4 aromatic heterocycles. The summed E-state index contributed by atoms with van der Waals surface area (Å²) in [7, 11) is 0. The molecule has 0 radical (unpaired) electrons. The Bertz CT molecular complexity index is 3120. The molecule has 12 aromatic rings.